The molecule has 2 bridgehead atoms. The van der Waals surface area contributed by atoms with Crippen LogP contribution in [0.4, 0.5) is 5.00 Å². The molecular formula is C29H36N3O2S2+. The Balaban J connectivity index is 1.27. The smallest absolute Gasteiger partial charge is 0.341 e. The van der Waals surface area contributed by atoms with Gasteiger partial charge in [-0.05, 0) is 56.8 Å². The van der Waals surface area contributed by atoms with Gasteiger partial charge in [0.05, 0.1) is 32.3 Å². The fourth-order valence-corrected chi connectivity index (χ4v) is 8.61. The predicted octanol–water partition coefficient (Wildman–Crippen LogP) is 4.68. The number of thiophene rings is 1. The van der Waals surface area contributed by atoms with Gasteiger partial charge in [0.2, 0.25) is 0 Å². The summed E-state index contributed by atoms with van der Waals surface area (Å²) in [6.45, 7) is 5.64. The number of quaternary nitrogens is 1. The van der Waals surface area contributed by atoms with Gasteiger partial charge in [-0.25, -0.2) is 4.79 Å². The van der Waals surface area contributed by atoms with Gasteiger partial charge in [-0.1, -0.05) is 41.5 Å². The van der Waals surface area contributed by atoms with Crippen molar-refractivity contribution in [2.45, 2.75) is 57.5 Å². The Morgan fingerprint density at radius 2 is 2.06 bits per heavy atom. The molecule has 3 saturated heterocycles. The lowest BCUT2D eigenvalue weighted by Crippen LogP contribution is -3.19. The maximum absolute atomic E-state index is 12.9. The summed E-state index contributed by atoms with van der Waals surface area (Å²) in [4.78, 5) is 17.2. The van der Waals surface area contributed by atoms with Crippen molar-refractivity contribution in [3.05, 3.63) is 52.4 Å². The molecule has 7 heteroatoms. The molecule has 1 aliphatic carbocycles. The van der Waals surface area contributed by atoms with Gasteiger partial charge in [0.25, 0.3) is 0 Å². The van der Waals surface area contributed by atoms with Crippen LogP contribution in [0.5, 0.6) is 0 Å². The van der Waals surface area contributed by atoms with E-state index in [4.69, 9.17) is 17.0 Å². The molecule has 0 spiro atoms. The molecule has 5 atom stereocenters. The van der Waals surface area contributed by atoms with Gasteiger partial charge < -0.3 is 19.9 Å². The zero-order chi connectivity index (χ0) is 24.8. The summed E-state index contributed by atoms with van der Waals surface area (Å²) in [5.74, 6) is 1.07. The Bertz CT molecular complexity index is 1190. The average molecular weight is 523 g/mol. The number of carbonyl (C=O) groups excluding carboxylic acids is 1. The number of likely N-dealkylation sites (tertiary alicyclic amines) is 1. The Morgan fingerprint density at radius 3 is 2.86 bits per heavy atom. The Kier molecular flexibility index (Phi) is 6.65. The number of rotatable bonds is 3. The van der Waals surface area contributed by atoms with Crippen LogP contribution in [-0.2, 0) is 4.74 Å². The number of benzene rings is 1. The van der Waals surface area contributed by atoms with E-state index < -0.39 is 0 Å². The Hall–Kier alpha value is -2.22. The summed E-state index contributed by atoms with van der Waals surface area (Å²) in [6.07, 6.45) is 10.4. The van der Waals surface area contributed by atoms with Crippen LogP contribution < -0.4 is 10.2 Å². The minimum atomic E-state index is -0.330. The molecule has 1 aromatic carbocycles. The van der Waals surface area contributed by atoms with E-state index in [1.807, 2.05) is 10.3 Å². The van der Waals surface area contributed by atoms with Gasteiger partial charge in [0.15, 0.2) is 5.11 Å². The van der Waals surface area contributed by atoms with Gasteiger partial charge in [-0.3, -0.25) is 0 Å². The van der Waals surface area contributed by atoms with Crippen molar-refractivity contribution in [3.8, 4) is 11.1 Å². The van der Waals surface area contributed by atoms with Crippen LogP contribution >= 0.6 is 23.6 Å². The minimum Gasteiger partial charge on any atom is -0.465 e. The number of aryl methyl sites for hydroxylation is 1. The molecule has 1 unspecified atom stereocenters. The summed E-state index contributed by atoms with van der Waals surface area (Å²) >= 11 is 7.58. The van der Waals surface area contributed by atoms with Crippen molar-refractivity contribution in [2.75, 3.05) is 32.1 Å². The minimum absolute atomic E-state index is 0.330. The molecule has 0 radical (unpaired) electrons. The van der Waals surface area contributed by atoms with Crippen LogP contribution in [0, 0.1) is 18.8 Å². The summed E-state index contributed by atoms with van der Waals surface area (Å²) in [5, 5.41) is 7.05. The quantitative estimate of drug-likeness (QED) is 0.348. The lowest BCUT2D eigenvalue weighted by molar-refractivity contribution is -0.943. The van der Waals surface area contributed by atoms with E-state index in [1.165, 1.54) is 69.2 Å². The normalized spacial score (nSPS) is 29.0. The number of methoxy groups -OCH3 is 1. The van der Waals surface area contributed by atoms with Crippen LogP contribution in [0.2, 0.25) is 0 Å². The maximum Gasteiger partial charge on any atom is 0.341 e. The van der Waals surface area contributed by atoms with E-state index in [0.29, 0.717) is 17.5 Å². The third-order valence-electron chi connectivity index (χ3n) is 8.88. The van der Waals surface area contributed by atoms with Gasteiger partial charge in [0, 0.05) is 35.7 Å². The van der Waals surface area contributed by atoms with Gasteiger partial charge in [0.1, 0.15) is 10.6 Å². The Morgan fingerprint density at radius 1 is 1.22 bits per heavy atom. The lowest BCUT2D eigenvalue weighted by atomic mass is 9.68. The highest BCUT2D eigenvalue weighted by atomic mass is 32.1. The SMILES string of the molecule is COC(=O)c1c(-c2ccc(C)cc2)csc1NC(=S)N1CCCC2=C[C@H]3C[C@H](C[NH+]4CCCC[C@H]34)[C@@H]21. The summed E-state index contributed by atoms with van der Waals surface area (Å²) in [5.41, 5.74) is 5.28. The zero-order valence-electron chi connectivity index (χ0n) is 21.2. The van der Waals surface area contributed by atoms with Crippen LogP contribution in [0.1, 0.15) is 54.4 Å². The highest BCUT2D eigenvalue weighted by Crippen LogP contribution is 2.42. The van der Waals surface area contributed by atoms with Crippen molar-refractivity contribution >= 4 is 39.6 Å². The third-order valence-corrected chi connectivity index (χ3v) is 10.1. The van der Waals surface area contributed by atoms with E-state index in [0.717, 1.165) is 46.2 Å². The summed E-state index contributed by atoms with van der Waals surface area (Å²) < 4.78 is 5.20. The van der Waals surface area contributed by atoms with Gasteiger partial charge in [-0.15, -0.1) is 11.3 Å². The van der Waals surface area contributed by atoms with Crippen LogP contribution in [0.25, 0.3) is 11.1 Å². The monoisotopic (exact) mass is 522 g/mol. The first-order valence-electron chi connectivity index (χ1n) is 13.4. The van der Waals surface area contributed by atoms with Crippen molar-refractivity contribution in [1.29, 1.82) is 0 Å². The molecule has 6 rings (SSSR count). The second-order valence-corrected chi connectivity index (χ2v) is 12.3. The highest BCUT2D eigenvalue weighted by molar-refractivity contribution is 7.80. The van der Waals surface area contributed by atoms with E-state index >= 15 is 0 Å². The van der Waals surface area contributed by atoms with E-state index in [2.05, 4.69) is 47.5 Å². The number of esters is 1. The number of fused-ring (bicyclic) bond motifs is 6. The average Bonchev–Trinajstić information content (AvgIpc) is 3.31. The number of nitrogens with zero attached hydrogens (tertiary/aromatic N) is 1. The van der Waals surface area contributed by atoms with E-state index in [9.17, 15) is 4.79 Å². The number of ether oxygens (including phenoxy) is 1. The van der Waals surface area contributed by atoms with Crippen LogP contribution in [0.3, 0.4) is 0 Å². The van der Waals surface area contributed by atoms with Gasteiger partial charge >= 0.3 is 5.97 Å². The molecule has 36 heavy (non-hydrogen) atoms. The number of thiocarbonyl (C=S) groups is 1. The zero-order valence-corrected chi connectivity index (χ0v) is 22.9. The molecule has 3 fully saturated rings. The molecule has 0 amide bonds. The van der Waals surface area contributed by atoms with Crippen molar-refractivity contribution in [2.24, 2.45) is 11.8 Å². The third kappa shape index (κ3) is 4.29. The number of anilines is 1. The molecule has 1 aromatic heterocycles. The molecule has 190 valence electrons. The molecule has 2 N–H and O–H groups in total. The lowest BCUT2D eigenvalue weighted by Gasteiger charge is -2.53. The Labute approximate surface area is 223 Å². The molecule has 3 aliphatic heterocycles. The fraction of sp³-hybridized carbons (Fsp3) is 0.517. The standard InChI is InChI=1S/C29H35N3O2S2/c1-18-8-10-19(11-9-18)23-17-36-27(25(23)28(33)34-2)30-29(35)32-13-5-6-20-14-21-15-22(26(20)32)16-31-12-4-3-7-24(21)31/h8-11,14,17,21-22,24,26H,3-7,12-13,15-16H2,1-2H3,(H,30,35)/p+1/t21-,22+,24+,26+/m0/s1. The van der Waals surface area contributed by atoms with Gasteiger partial charge in [-0.2, -0.15) is 0 Å². The molecule has 0 saturated carbocycles. The second kappa shape index (κ2) is 9.92. The number of nitrogens with one attached hydrogen (secondary N) is 2. The van der Waals surface area contributed by atoms with Crippen molar-refractivity contribution in [1.82, 2.24) is 4.90 Å². The van der Waals surface area contributed by atoms with E-state index in [1.54, 1.807) is 5.57 Å². The number of hydrogen-bond donors (Lipinski definition) is 2. The van der Waals surface area contributed by atoms with Crippen molar-refractivity contribution < 1.29 is 14.4 Å². The topological polar surface area (TPSA) is 46.0 Å². The summed E-state index contributed by atoms with van der Waals surface area (Å²) in [6, 6.07) is 9.49. The first-order chi connectivity index (χ1) is 17.5. The number of hydrogen-bond acceptors (Lipinski definition) is 4. The van der Waals surface area contributed by atoms with Crippen molar-refractivity contribution in [3.63, 3.8) is 0 Å². The molecule has 4 heterocycles. The maximum atomic E-state index is 12.9. The number of piperidine rings is 3. The first kappa shape index (κ1) is 24.1. The molecule has 5 nitrogen and oxygen atoms in total. The largest absolute Gasteiger partial charge is 0.465 e. The first-order valence-corrected chi connectivity index (χ1v) is 14.7. The van der Waals surface area contributed by atoms with Crippen LogP contribution in [-0.4, -0.2) is 54.8 Å². The molecule has 2 aromatic rings. The molecular weight excluding hydrogens is 486 g/mol. The van der Waals surface area contributed by atoms with Crippen LogP contribution in [0.15, 0.2) is 41.3 Å². The van der Waals surface area contributed by atoms with E-state index in [-0.39, 0.29) is 5.97 Å². The molecule has 4 aliphatic rings. The summed E-state index contributed by atoms with van der Waals surface area (Å²) in [7, 11) is 1.44. The fourth-order valence-electron chi connectivity index (χ4n) is 7.29. The second-order valence-electron chi connectivity index (χ2n) is 11.0. The number of carbonyl (C=O) groups is 1. The predicted molar refractivity (Wildman–Crippen MR) is 150 cm³/mol. The highest BCUT2D eigenvalue weighted by Gasteiger charge is 2.48.